The zero-order valence-corrected chi connectivity index (χ0v) is 19.8. The van der Waals surface area contributed by atoms with E-state index in [0.717, 1.165) is 44.3 Å². The van der Waals surface area contributed by atoms with Gasteiger partial charge in [-0.3, -0.25) is 14.5 Å². The fourth-order valence-corrected chi connectivity index (χ4v) is 5.31. The first-order chi connectivity index (χ1) is 15.8. The molecule has 1 saturated heterocycles. The van der Waals surface area contributed by atoms with E-state index in [1.54, 1.807) is 12.1 Å². The summed E-state index contributed by atoms with van der Waals surface area (Å²) in [5, 5.41) is 3.11. The topological polar surface area (TPSA) is 86.8 Å². The average Bonchev–Trinajstić information content (AvgIpc) is 3.12. The minimum absolute atomic E-state index is 0.0188. The van der Waals surface area contributed by atoms with Crippen LogP contribution in [0.4, 0.5) is 0 Å². The van der Waals surface area contributed by atoms with Crippen LogP contribution in [0.1, 0.15) is 40.7 Å². The number of sulfone groups is 1. The first-order valence-corrected chi connectivity index (χ1v) is 13.5. The minimum Gasteiger partial charge on any atom is -0.351 e. The summed E-state index contributed by atoms with van der Waals surface area (Å²) in [4.78, 5) is 30.1. The Morgan fingerprint density at radius 3 is 2.39 bits per heavy atom. The number of rotatable bonds is 8. The first-order valence-electron chi connectivity index (χ1n) is 11.4. The van der Waals surface area contributed by atoms with Crippen molar-refractivity contribution in [1.82, 2.24) is 15.1 Å². The van der Waals surface area contributed by atoms with Gasteiger partial charge in [0.2, 0.25) is 5.91 Å². The smallest absolute Gasteiger partial charge is 0.255 e. The van der Waals surface area contributed by atoms with Gasteiger partial charge in [-0.25, -0.2) is 8.42 Å². The first kappa shape index (κ1) is 23.4. The summed E-state index contributed by atoms with van der Waals surface area (Å²) >= 11 is 0. The Hall–Kier alpha value is -2.71. The number of carbonyl (C=O) groups is 2. The predicted octanol–water partition coefficient (Wildman–Crippen LogP) is 2.23. The number of nitrogens with zero attached hydrogens (tertiary/aromatic N) is 2. The fourth-order valence-electron chi connectivity index (χ4n) is 4.66. The number of hydrogen-bond donors (Lipinski definition) is 1. The molecule has 1 atom stereocenters. The van der Waals surface area contributed by atoms with E-state index in [4.69, 9.17) is 0 Å². The van der Waals surface area contributed by atoms with Crippen molar-refractivity contribution in [2.75, 3.05) is 25.1 Å². The molecule has 2 aliphatic heterocycles. The van der Waals surface area contributed by atoms with Gasteiger partial charge in [0, 0.05) is 44.0 Å². The van der Waals surface area contributed by atoms with Crippen molar-refractivity contribution in [3.8, 4) is 0 Å². The molecule has 2 amide bonds. The van der Waals surface area contributed by atoms with Crippen molar-refractivity contribution in [1.29, 1.82) is 0 Å². The van der Waals surface area contributed by atoms with E-state index in [-0.39, 0.29) is 30.0 Å². The van der Waals surface area contributed by atoms with Gasteiger partial charge in [-0.2, -0.15) is 0 Å². The Labute approximate surface area is 195 Å². The fraction of sp³-hybridized carbons (Fsp3) is 0.440. The molecule has 2 aromatic rings. The second-order valence-corrected chi connectivity index (χ2v) is 11.3. The van der Waals surface area contributed by atoms with Crippen LogP contribution in [0.25, 0.3) is 0 Å². The summed E-state index contributed by atoms with van der Waals surface area (Å²) in [5.74, 6) is -0.612. The Morgan fingerprint density at radius 2 is 1.73 bits per heavy atom. The normalized spacial score (nSPS) is 18.2. The van der Waals surface area contributed by atoms with Crippen molar-refractivity contribution in [3.05, 3.63) is 71.3 Å². The summed E-state index contributed by atoms with van der Waals surface area (Å²) in [5.41, 5.74) is 2.73. The highest BCUT2D eigenvalue weighted by Crippen LogP contribution is 2.26. The second kappa shape index (κ2) is 10.1. The van der Waals surface area contributed by atoms with Crippen molar-refractivity contribution in [3.63, 3.8) is 0 Å². The van der Waals surface area contributed by atoms with E-state index < -0.39 is 15.9 Å². The van der Waals surface area contributed by atoms with Crippen molar-refractivity contribution in [2.45, 2.75) is 44.4 Å². The average molecular weight is 470 g/mol. The molecule has 0 radical (unpaired) electrons. The van der Waals surface area contributed by atoms with Gasteiger partial charge in [-0.05, 0) is 36.5 Å². The SMILES string of the molecule is CS(=O)(=O)CC[C@@H](C(=O)NC1CCN(Cc2ccccc2)CC1)N1Cc2ccccc2C1=O. The Kier molecular flexibility index (Phi) is 7.14. The Bertz CT molecular complexity index is 1100. The van der Waals surface area contributed by atoms with E-state index in [0.29, 0.717) is 12.1 Å². The number of hydrogen-bond acceptors (Lipinski definition) is 5. The molecule has 7 nitrogen and oxygen atoms in total. The summed E-state index contributed by atoms with van der Waals surface area (Å²) in [6, 6.07) is 16.8. The monoisotopic (exact) mass is 469 g/mol. The maximum Gasteiger partial charge on any atom is 0.255 e. The van der Waals surface area contributed by atoms with E-state index in [2.05, 4.69) is 22.3 Å². The molecule has 2 aliphatic rings. The molecule has 1 N–H and O–H groups in total. The zero-order valence-electron chi connectivity index (χ0n) is 18.9. The molecule has 8 heteroatoms. The summed E-state index contributed by atoms with van der Waals surface area (Å²) in [6.07, 6.45) is 2.90. The molecule has 2 aromatic carbocycles. The molecule has 0 spiro atoms. The number of fused-ring (bicyclic) bond motifs is 1. The molecule has 0 aromatic heterocycles. The van der Waals surface area contributed by atoms with Crippen LogP contribution in [0.15, 0.2) is 54.6 Å². The summed E-state index contributed by atoms with van der Waals surface area (Å²) in [6.45, 7) is 2.97. The number of nitrogens with one attached hydrogen (secondary N) is 1. The molecule has 0 saturated carbocycles. The van der Waals surface area contributed by atoms with Gasteiger partial charge in [-0.15, -0.1) is 0 Å². The van der Waals surface area contributed by atoms with Crippen LogP contribution >= 0.6 is 0 Å². The molecule has 0 bridgehead atoms. The van der Waals surface area contributed by atoms with Gasteiger partial charge in [0.1, 0.15) is 15.9 Å². The van der Waals surface area contributed by atoms with Crippen LogP contribution in [0.3, 0.4) is 0 Å². The molecular weight excluding hydrogens is 438 g/mol. The van der Waals surface area contributed by atoms with E-state index in [1.807, 2.05) is 30.3 Å². The third-order valence-electron chi connectivity index (χ3n) is 6.47. The predicted molar refractivity (Wildman–Crippen MR) is 127 cm³/mol. The van der Waals surface area contributed by atoms with Gasteiger partial charge in [-0.1, -0.05) is 48.5 Å². The van der Waals surface area contributed by atoms with Crippen LogP contribution < -0.4 is 5.32 Å². The quantitative estimate of drug-likeness (QED) is 0.641. The van der Waals surface area contributed by atoms with Gasteiger partial charge in [0.05, 0.1) is 5.75 Å². The van der Waals surface area contributed by atoms with Crippen LogP contribution in [0.5, 0.6) is 0 Å². The molecule has 1 fully saturated rings. The molecule has 176 valence electrons. The number of benzene rings is 2. The van der Waals surface area contributed by atoms with Crippen molar-refractivity contribution >= 4 is 21.7 Å². The minimum atomic E-state index is -3.26. The third-order valence-corrected chi connectivity index (χ3v) is 7.45. The van der Waals surface area contributed by atoms with Gasteiger partial charge in [0.25, 0.3) is 5.91 Å². The largest absolute Gasteiger partial charge is 0.351 e. The second-order valence-electron chi connectivity index (χ2n) is 9.07. The van der Waals surface area contributed by atoms with Gasteiger partial charge in [0.15, 0.2) is 0 Å². The molecule has 0 unspecified atom stereocenters. The highest BCUT2D eigenvalue weighted by Gasteiger charge is 2.37. The summed E-state index contributed by atoms with van der Waals surface area (Å²) < 4.78 is 23.6. The van der Waals surface area contributed by atoms with Crippen LogP contribution in [0.2, 0.25) is 0 Å². The maximum absolute atomic E-state index is 13.3. The Balaban J connectivity index is 1.38. The lowest BCUT2D eigenvalue weighted by atomic mass is 10.0. The highest BCUT2D eigenvalue weighted by atomic mass is 32.2. The highest BCUT2D eigenvalue weighted by molar-refractivity contribution is 7.90. The van der Waals surface area contributed by atoms with Gasteiger partial charge < -0.3 is 10.2 Å². The molecule has 33 heavy (non-hydrogen) atoms. The van der Waals surface area contributed by atoms with Crippen LogP contribution in [-0.2, 0) is 27.7 Å². The third kappa shape index (κ3) is 6.00. The number of likely N-dealkylation sites (tertiary alicyclic amines) is 1. The van der Waals surface area contributed by atoms with Crippen LogP contribution in [0, 0.1) is 0 Å². The van der Waals surface area contributed by atoms with E-state index in [9.17, 15) is 18.0 Å². The molecular formula is C25H31N3O4S. The van der Waals surface area contributed by atoms with Crippen LogP contribution in [-0.4, -0.2) is 67.2 Å². The molecule has 2 heterocycles. The number of piperidine rings is 1. The Morgan fingerprint density at radius 1 is 1.06 bits per heavy atom. The van der Waals surface area contributed by atoms with E-state index in [1.165, 1.54) is 10.5 Å². The molecule has 4 rings (SSSR count). The lowest BCUT2D eigenvalue weighted by molar-refractivity contribution is -0.126. The van der Waals surface area contributed by atoms with Crippen molar-refractivity contribution < 1.29 is 18.0 Å². The standard InChI is InChI=1S/C25H31N3O4S/c1-33(31,32)16-13-23(28-18-20-9-5-6-10-22(20)25(28)30)24(29)26-21-11-14-27(15-12-21)17-19-7-3-2-4-8-19/h2-10,21,23H,11-18H2,1H3,(H,26,29)/t23-/m0/s1. The molecule has 0 aliphatic carbocycles. The lowest BCUT2D eigenvalue weighted by Crippen LogP contribution is -2.52. The lowest BCUT2D eigenvalue weighted by Gasteiger charge is -2.34. The summed E-state index contributed by atoms with van der Waals surface area (Å²) in [7, 11) is -3.26. The van der Waals surface area contributed by atoms with Crippen molar-refractivity contribution in [2.24, 2.45) is 0 Å². The maximum atomic E-state index is 13.3. The van der Waals surface area contributed by atoms with Gasteiger partial charge >= 0.3 is 0 Å². The number of carbonyl (C=O) groups excluding carboxylic acids is 2. The zero-order chi connectivity index (χ0) is 23.4. The van der Waals surface area contributed by atoms with E-state index >= 15 is 0 Å². The number of amides is 2.